The molecule has 1 aliphatic heterocycles. The van der Waals surface area contributed by atoms with E-state index < -0.39 is 49.5 Å². The van der Waals surface area contributed by atoms with Crippen LogP contribution in [0.25, 0.3) is 0 Å². The Bertz CT molecular complexity index is 1070. The molecule has 1 amide bonds. The van der Waals surface area contributed by atoms with Gasteiger partial charge in [0.1, 0.15) is 24.4 Å². The van der Waals surface area contributed by atoms with E-state index in [1.54, 1.807) is 6.08 Å². The highest BCUT2D eigenvalue weighted by Gasteiger charge is 2.44. The number of nitrogens with one attached hydrogen (secondary N) is 1. The lowest BCUT2D eigenvalue weighted by Crippen LogP contribution is -2.60. The molecule has 62 heavy (non-hydrogen) atoms. The fourth-order valence-corrected chi connectivity index (χ4v) is 8.23. The topological polar surface area (TPSA) is 149 Å². The van der Waals surface area contributed by atoms with Crippen molar-refractivity contribution in [3.8, 4) is 0 Å². The van der Waals surface area contributed by atoms with Gasteiger partial charge in [0.25, 0.3) is 0 Å². The van der Waals surface area contributed by atoms with Crippen molar-refractivity contribution in [3.63, 3.8) is 0 Å². The first-order valence-corrected chi connectivity index (χ1v) is 26.2. The molecule has 1 saturated heterocycles. The minimum atomic E-state index is -1.57. The van der Waals surface area contributed by atoms with Crippen LogP contribution in [0, 0.1) is 0 Å². The zero-order valence-electron chi connectivity index (χ0n) is 40.1. The van der Waals surface area contributed by atoms with Crippen LogP contribution in [0.1, 0.15) is 239 Å². The van der Waals surface area contributed by atoms with Gasteiger partial charge in [-0.3, -0.25) is 4.79 Å². The van der Waals surface area contributed by atoms with E-state index in [9.17, 15) is 30.3 Å². The predicted molar refractivity (Wildman–Crippen MR) is 258 cm³/mol. The first kappa shape index (κ1) is 58.4. The van der Waals surface area contributed by atoms with Gasteiger partial charge in [-0.15, -0.1) is 0 Å². The summed E-state index contributed by atoms with van der Waals surface area (Å²) in [5.74, 6) is -0.188. The maximum Gasteiger partial charge on any atom is 0.220 e. The summed E-state index contributed by atoms with van der Waals surface area (Å²) in [6.07, 6.45) is 48.1. The fourth-order valence-electron chi connectivity index (χ4n) is 8.23. The van der Waals surface area contributed by atoms with Crippen LogP contribution in [-0.2, 0) is 14.3 Å². The normalized spacial score (nSPS) is 20.5. The molecular weight excluding hydrogens is 779 g/mol. The monoisotopic (exact) mass is 878 g/mol. The SMILES string of the molecule is CCCCC/C=C/CC/C=C/C(O)C(COC1OC(CO)C(O)C(O)C1O)NC(=O)CCCCCCCCCCCCCCCC/C=C\CCCCCCCCCCCCCC. The van der Waals surface area contributed by atoms with Crippen LogP contribution in [0.2, 0.25) is 0 Å². The summed E-state index contributed by atoms with van der Waals surface area (Å²) in [7, 11) is 0. The van der Waals surface area contributed by atoms with Crippen LogP contribution in [0.4, 0.5) is 0 Å². The summed E-state index contributed by atoms with van der Waals surface area (Å²) < 4.78 is 11.2. The Morgan fingerprint density at radius 1 is 0.532 bits per heavy atom. The van der Waals surface area contributed by atoms with Crippen molar-refractivity contribution in [3.05, 3.63) is 36.5 Å². The Hall–Kier alpha value is -1.59. The summed E-state index contributed by atoms with van der Waals surface area (Å²) in [5, 5.41) is 54.1. The second kappa shape index (κ2) is 43.3. The zero-order valence-corrected chi connectivity index (χ0v) is 40.1. The van der Waals surface area contributed by atoms with Crippen LogP contribution in [-0.4, -0.2) is 87.5 Å². The molecule has 0 aromatic rings. The van der Waals surface area contributed by atoms with E-state index in [1.165, 1.54) is 180 Å². The second-order valence-electron chi connectivity index (χ2n) is 18.3. The van der Waals surface area contributed by atoms with Crippen molar-refractivity contribution < 1.29 is 39.8 Å². The molecule has 7 atom stereocenters. The Labute approximate surface area is 381 Å². The summed E-state index contributed by atoms with van der Waals surface area (Å²) in [5.41, 5.74) is 0. The number of unbranched alkanes of at least 4 members (excludes halogenated alkanes) is 30. The summed E-state index contributed by atoms with van der Waals surface area (Å²) in [6.45, 7) is 3.71. The molecule has 0 aliphatic carbocycles. The lowest BCUT2D eigenvalue weighted by Gasteiger charge is -2.40. The lowest BCUT2D eigenvalue weighted by atomic mass is 9.99. The van der Waals surface area contributed by atoms with E-state index in [0.29, 0.717) is 6.42 Å². The summed E-state index contributed by atoms with van der Waals surface area (Å²) in [4.78, 5) is 12.9. The number of hydrogen-bond donors (Lipinski definition) is 6. The van der Waals surface area contributed by atoms with E-state index in [2.05, 4.69) is 43.5 Å². The van der Waals surface area contributed by atoms with E-state index >= 15 is 0 Å². The standard InChI is InChI=1S/C53H99NO8/c1-3-5-7-9-11-13-14-15-16-17-18-19-20-21-22-23-24-25-26-27-28-29-30-31-32-33-35-37-39-41-43-49(57)54-46(47(56)42-40-38-36-34-12-10-8-6-4-2)45-61-53-52(60)51(59)50(58)48(44-55)62-53/h12,21-22,34,40,42,46-48,50-53,55-56,58-60H,3-11,13-20,23-33,35-39,41,43-45H2,1-2H3,(H,54,57)/b22-21-,34-12+,42-40+. The molecule has 1 heterocycles. The molecular formula is C53H99NO8. The lowest BCUT2D eigenvalue weighted by molar-refractivity contribution is -0.302. The van der Waals surface area contributed by atoms with Gasteiger partial charge >= 0.3 is 0 Å². The quantitative estimate of drug-likeness (QED) is 0.0262. The van der Waals surface area contributed by atoms with Crippen molar-refractivity contribution >= 4 is 5.91 Å². The Kier molecular flexibility index (Phi) is 40.8. The molecule has 0 radical (unpaired) electrons. The number of aliphatic hydroxyl groups excluding tert-OH is 5. The molecule has 7 unspecified atom stereocenters. The van der Waals surface area contributed by atoms with Crippen molar-refractivity contribution in [1.29, 1.82) is 0 Å². The Morgan fingerprint density at radius 3 is 1.39 bits per heavy atom. The molecule has 0 aromatic carbocycles. The molecule has 1 aliphatic rings. The first-order chi connectivity index (χ1) is 30.3. The van der Waals surface area contributed by atoms with Crippen LogP contribution in [0.5, 0.6) is 0 Å². The Balaban J connectivity index is 2.11. The highest BCUT2D eigenvalue weighted by Crippen LogP contribution is 2.23. The van der Waals surface area contributed by atoms with Crippen LogP contribution < -0.4 is 5.32 Å². The summed E-state index contributed by atoms with van der Waals surface area (Å²) >= 11 is 0. The Morgan fingerprint density at radius 2 is 0.919 bits per heavy atom. The van der Waals surface area contributed by atoms with Crippen molar-refractivity contribution in [2.24, 2.45) is 0 Å². The molecule has 9 heteroatoms. The van der Waals surface area contributed by atoms with E-state index in [0.717, 1.165) is 38.5 Å². The second-order valence-corrected chi connectivity index (χ2v) is 18.3. The third kappa shape index (κ3) is 33.0. The van der Waals surface area contributed by atoms with E-state index in [1.807, 2.05) is 6.08 Å². The van der Waals surface area contributed by atoms with E-state index in [-0.39, 0.29) is 12.5 Å². The van der Waals surface area contributed by atoms with Gasteiger partial charge in [-0.05, 0) is 57.8 Å². The van der Waals surface area contributed by atoms with Gasteiger partial charge in [0.05, 0.1) is 25.4 Å². The molecule has 1 fully saturated rings. The largest absolute Gasteiger partial charge is 0.394 e. The minimum Gasteiger partial charge on any atom is -0.394 e. The van der Waals surface area contributed by atoms with Gasteiger partial charge in [-0.1, -0.05) is 211 Å². The van der Waals surface area contributed by atoms with Gasteiger partial charge in [-0.2, -0.15) is 0 Å². The average Bonchev–Trinajstić information content (AvgIpc) is 3.27. The third-order valence-corrected chi connectivity index (χ3v) is 12.4. The van der Waals surface area contributed by atoms with Gasteiger partial charge in [-0.25, -0.2) is 0 Å². The van der Waals surface area contributed by atoms with E-state index in [4.69, 9.17) is 9.47 Å². The fraction of sp³-hybridized carbons (Fsp3) is 0.868. The number of carbonyl (C=O) groups excluding carboxylic acids is 1. The predicted octanol–water partition coefficient (Wildman–Crippen LogP) is 12.0. The van der Waals surface area contributed by atoms with Gasteiger partial charge in [0.15, 0.2) is 6.29 Å². The molecule has 1 rings (SSSR count). The van der Waals surface area contributed by atoms with Crippen molar-refractivity contribution in [2.75, 3.05) is 13.2 Å². The van der Waals surface area contributed by atoms with Gasteiger partial charge in [0, 0.05) is 6.42 Å². The number of ether oxygens (including phenoxy) is 2. The molecule has 0 aromatic heterocycles. The molecule has 0 spiro atoms. The molecule has 6 N–H and O–H groups in total. The number of allylic oxidation sites excluding steroid dienone is 5. The summed E-state index contributed by atoms with van der Waals surface area (Å²) in [6, 6.07) is -0.818. The highest BCUT2D eigenvalue weighted by molar-refractivity contribution is 5.76. The molecule has 9 nitrogen and oxygen atoms in total. The van der Waals surface area contributed by atoms with Crippen LogP contribution >= 0.6 is 0 Å². The number of rotatable bonds is 44. The smallest absolute Gasteiger partial charge is 0.220 e. The number of carbonyl (C=O) groups is 1. The zero-order chi connectivity index (χ0) is 45.1. The first-order valence-electron chi connectivity index (χ1n) is 26.2. The number of amides is 1. The third-order valence-electron chi connectivity index (χ3n) is 12.4. The van der Waals surface area contributed by atoms with Crippen molar-refractivity contribution in [2.45, 2.75) is 281 Å². The van der Waals surface area contributed by atoms with Crippen LogP contribution in [0.3, 0.4) is 0 Å². The highest BCUT2D eigenvalue weighted by atomic mass is 16.7. The molecule has 0 saturated carbocycles. The van der Waals surface area contributed by atoms with Gasteiger partial charge < -0.3 is 40.3 Å². The maximum atomic E-state index is 12.9. The number of aliphatic hydroxyl groups is 5. The average molecular weight is 878 g/mol. The molecule has 364 valence electrons. The number of hydrogen-bond acceptors (Lipinski definition) is 8. The van der Waals surface area contributed by atoms with Crippen LogP contribution in [0.15, 0.2) is 36.5 Å². The minimum absolute atomic E-state index is 0.188. The molecule has 0 bridgehead atoms. The van der Waals surface area contributed by atoms with Gasteiger partial charge in [0.2, 0.25) is 5.91 Å². The maximum absolute atomic E-state index is 12.9. The van der Waals surface area contributed by atoms with Crippen molar-refractivity contribution in [1.82, 2.24) is 5.32 Å².